The van der Waals surface area contributed by atoms with Crippen LogP contribution >= 0.6 is 43.6 Å². The first kappa shape index (κ1) is 14.1. The largest absolute Gasteiger partial charge is 0.389 e. The lowest BCUT2D eigenvalue weighted by atomic mass is 10.1. The molecule has 0 amide bonds. The van der Waals surface area contributed by atoms with Gasteiger partial charge in [0.15, 0.2) is 0 Å². The zero-order chi connectivity index (χ0) is 13.1. The Hall–Kier alpha value is -0.360. The Morgan fingerprint density at radius 2 is 2.00 bits per heavy atom. The van der Waals surface area contributed by atoms with Gasteiger partial charge in [-0.3, -0.25) is 0 Å². The quantitative estimate of drug-likeness (QED) is 0.818. The van der Waals surface area contributed by atoms with Crippen molar-refractivity contribution in [1.82, 2.24) is 4.98 Å². The third-order valence-corrected chi connectivity index (χ3v) is 4.96. The van der Waals surface area contributed by atoms with Gasteiger partial charge in [0.25, 0.3) is 0 Å². The molecule has 0 fully saturated rings. The van der Waals surface area contributed by atoms with Crippen LogP contribution in [-0.4, -0.2) is 10.1 Å². The minimum atomic E-state index is -0.472. The van der Waals surface area contributed by atoms with Gasteiger partial charge in [-0.1, -0.05) is 33.8 Å². The molecule has 5 heteroatoms. The molecule has 1 heterocycles. The molecule has 0 saturated heterocycles. The average molecular weight is 389 g/mol. The van der Waals surface area contributed by atoms with Crippen molar-refractivity contribution in [3.8, 4) is 0 Å². The number of hydrogen-bond acceptors (Lipinski definition) is 3. The summed E-state index contributed by atoms with van der Waals surface area (Å²) in [7, 11) is 0. The zero-order valence-electron chi connectivity index (χ0n) is 9.60. The van der Waals surface area contributed by atoms with E-state index in [-0.39, 0.29) is 0 Å². The first-order valence-corrected chi connectivity index (χ1v) is 7.74. The molecule has 1 aromatic carbocycles. The lowest BCUT2D eigenvalue weighted by Crippen LogP contribution is -1.92. The number of hydrogen-bond donors (Lipinski definition) is 1. The molecule has 1 aromatic heterocycles. The molecule has 2 aromatic rings. The van der Waals surface area contributed by atoms with Gasteiger partial charge in [0.05, 0.1) is 10.6 Å². The van der Waals surface area contributed by atoms with Crippen molar-refractivity contribution in [1.29, 1.82) is 0 Å². The molecule has 1 N–H and O–H groups in total. The van der Waals surface area contributed by atoms with E-state index in [2.05, 4.69) is 36.8 Å². The van der Waals surface area contributed by atoms with E-state index in [1.165, 1.54) is 0 Å². The van der Waals surface area contributed by atoms with Crippen molar-refractivity contribution in [2.24, 2.45) is 0 Å². The van der Waals surface area contributed by atoms with Crippen LogP contribution in [0.4, 0.5) is 0 Å². The second kappa shape index (κ2) is 6.19. The van der Waals surface area contributed by atoms with E-state index in [9.17, 15) is 5.11 Å². The number of aliphatic hydroxyl groups excluding tert-OH is 1. The number of aliphatic hydroxyl groups is 1. The Morgan fingerprint density at radius 3 is 2.61 bits per heavy atom. The van der Waals surface area contributed by atoms with E-state index < -0.39 is 6.10 Å². The van der Waals surface area contributed by atoms with E-state index in [0.29, 0.717) is 0 Å². The maximum atomic E-state index is 9.57. The molecule has 1 atom stereocenters. The fourth-order valence-electron chi connectivity index (χ4n) is 1.47. The highest BCUT2D eigenvalue weighted by Crippen LogP contribution is 2.34. The Morgan fingerprint density at radius 1 is 1.22 bits per heavy atom. The molecule has 2 nitrogen and oxygen atoms in total. The summed E-state index contributed by atoms with van der Waals surface area (Å²) in [4.78, 5) is 5.39. The predicted octanol–water partition coefficient (Wildman–Crippen LogP) is 4.81. The first-order chi connectivity index (χ1) is 8.58. The third kappa shape index (κ3) is 3.35. The van der Waals surface area contributed by atoms with Gasteiger partial charge in [-0.2, -0.15) is 0 Å². The standard InChI is InChI=1S/C13H11Br2NOS/c1-8(17)10-5-4-9(7-12(10)15)18-13-11(14)3-2-6-16-13/h2-8,17H,1H3. The van der Waals surface area contributed by atoms with Crippen LogP contribution in [0.25, 0.3) is 0 Å². The molecule has 0 saturated carbocycles. The van der Waals surface area contributed by atoms with E-state index in [1.54, 1.807) is 24.9 Å². The number of pyridine rings is 1. The molecular weight excluding hydrogens is 378 g/mol. The fraction of sp³-hybridized carbons (Fsp3) is 0.154. The molecule has 2 rings (SSSR count). The zero-order valence-corrected chi connectivity index (χ0v) is 13.6. The van der Waals surface area contributed by atoms with Crippen molar-refractivity contribution in [3.05, 3.63) is 51.0 Å². The van der Waals surface area contributed by atoms with Crippen molar-refractivity contribution in [2.75, 3.05) is 0 Å². The molecule has 0 aliphatic rings. The molecule has 0 spiro atoms. The fourth-order valence-corrected chi connectivity index (χ4v) is 3.64. The molecular formula is C13H11Br2NOS. The summed E-state index contributed by atoms with van der Waals surface area (Å²) in [5.74, 6) is 0. The van der Waals surface area contributed by atoms with Crippen LogP contribution in [0, 0.1) is 0 Å². The summed E-state index contributed by atoms with van der Waals surface area (Å²) in [6.45, 7) is 1.75. The van der Waals surface area contributed by atoms with Crippen molar-refractivity contribution in [3.63, 3.8) is 0 Å². The van der Waals surface area contributed by atoms with Crippen LogP contribution < -0.4 is 0 Å². The molecule has 0 bridgehead atoms. The van der Waals surface area contributed by atoms with Crippen LogP contribution in [0.5, 0.6) is 0 Å². The average Bonchev–Trinajstić information content (AvgIpc) is 2.32. The van der Waals surface area contributed by atoms with Crippen molar-refractivity contribution in [2.45, 2.75) is 22.9 Å². The maximum Gasteiger partial charge on any atom is 0.115 e. The first-order valence-electron chi connectivity index (χ1n) is 5.34. The summed E-state index contributed by atoms with van der Waals surface area (Å²) in [5, 5.41) is 10.5. The number of halogens is 2. The second-order valence-corrected chi connectivity index (χ2v) is 6.52. The number of aromatic nitrogens is 1. The highest BCUT2D eigenvalue weighted by molar-refractivity contribution is 9.10. The molecule has 0 radical (unpaired) electrons. The van der Waals surface area contributed by atoms with Gasteiger partial charge >= 0.3 is 0 Å². The maximum absolute atomic E-state index is 9.57. The smallest absolute Gasteiger partial charge is 0.115 e. The number of nitrogens with zero attached hydrogens (tertiary/aromatic N) is 1. The summed E-state index contributed by atoms with van der Waals surface area (Å²) in [6.07, 6.45) is 1.30. The Bertz CT molecular complexity index is 560. The van der Waals surface area contributed by atoms with Gasteiger partial charge in [0.1, 0.15) is 5.03 Å². The third-order valence-electron chi connectivity index (χ3n) is 2.36. The highest BCUT2D eigenvalue weighted by atomic mass is 79.9. The number of benzene rings is 1. The van der Waals surface area contributed by atoms with Crippen molar-refractivity contribution < 1.29 is 5.11 Å². The monoisotopic (exact) mass is 387 g/mol. The normalized spacial score (nSPS) is 12.4. The van der Waals surface area contributed by atoms with Gasteiger partial charge in [0, 0.05) is 15.6 Å². The molecule has 0 aliphatic heterocycles. The lowest BCUT2D eigenvalue weighted by Gasteiger charge is -2.09. The van der Waals surface area contributed by atoms with Gasteiger partial charge in [-0.05, 0) is 52.7 Å². The minimum absolute atomic E-state index is 0.472. The highest BCUT2D eigenvalue weighted by Gasteiger charge is 2.09. The molecule has 18 heavy (non-hydrogen) atoms. The lowest BCUT2D eigenvalue weighted by molar-refractivity contribution is 0.198. The molecule has 1 unspecified atom stereocenters. The summed E-state index contributed by atoms with van der Waals surface area (Å²) in [6, 6.07) is 9.76. The van der Waals surface area contributed by atoms with Crippen LogP contribution in [0.3, 0.4) is 0 Å². The minimum Gasteiger partial charge on any atom is -0.389 e. The van der Waals surface area contributed by atoms with E-state index in [1.807, 2.05) is 30.3 Å². The SMILES string of the molecule is CC(O)c1ccc(Sc2ncccc2Br)cc1Br. The summed E-state index contributed by atoms with van der Waals surface area (Å²) < 4.78 is 1.89. The van der Waals surface area contributed by atoms with Gasteiger partial charge in [0.2, 0.25) is 0 Å². The van der Waals surface area contributed by atoms with E-state index in [0.717, 1.165) is 24.4 Å². The Labute approximate surface area is 127 Å². The summed E-state index contributed by atoms with van der Waals surface area (Å²) in [5.41, 5.74) is 0.888. The van der Waals surface area contributed by atoms with E-state index >= 15 is 0 Å². The van der Waals surface area contributed by atoms with Gasteiger partial charge < -0.3 is 5.11 Å². The topological polar surface area (TPSA) is 33.1 Å². The van der Waals surface area contributed by atoms with Crippen molar-refractivity contribution >= 4 is 43.6 Å². The van der Waals surface area contributed by atoms with Crippen LogP contribution in [0.1, 0.15) is 18.6 Å². The van der Waals surface area contributed by atoms with Crippen LogP contribution in [-0.2, 0) is 0 Å². The van der Waals surface area contributed by atoms with Crippen LogP contribution in [0.2, 0.25) is 0 Å². The van der Waals surface area contributed by atoms with E-state index in [4.69, 9.17) is 0 Å². The molecule has 0 aliphatic carbocycles. The Balaban J connectivity index is 2.26. The van der Waals surface area contributed by atoms with Gasteiger partial charge in [-0.15, -0.1) is 0 Å². The predicted molar refractivity (Wildman–Crippen MR) is 80.8 cm³/mol. The second-order valence-electron chi connectivity index (χ2n) is 3.75. The van der Waals surface area contributed by atoms with Crippen LogP contribution in [0.15, 0.2) is 55.4 Å². The Kier molecular flexibility index (Phi) is 4.84. The molecule has 94 valence electrons. The summed E-state index contributed by atoms with van der Waals surface area (Å²) >= 11 is 8.53. The van der Waals surface area contributed by atoms with Gasteiger partial charge in [-0.25, -0.2) is 4.98 Å². The number of rotatable bonds is 3.